The van der Waals surface area contributed by atoms with Crippen LogP contribution < -0.4 is 10.1 Å². The number of ether oxygens (including phenoxy) is 2. The Labute approximate surface area is 119 Å². The van der Waals surface area contributed by atoms with Crippen LogP contribution in [0.3, 0.4) is 0 Å². The second kappa shape index (κ2) is 8.19. The predicted molar refractivity (Wildman–Crippen MR) is 76.0 cm³/mol. The molecule has 0 aromatic heterocycles. The van der Waals surface area contributed by atoms with E-state index in [9.17, 15) is 9.59 Å². The zero-order valence-corrected chi connectivity index (χ0v) is 12.2. The topological polar surface area (TPSA) is 64.6 Å². The fourth-order valence-corrected chi connectivity index (χ4v) is 1.77. The van der Waals surface area contributed by atoms with Crippen molar-refractivity contribution in [2.45, 2.75) is 27.2 Å². The molecule has 20 heavy (non-hydrogen) atoms. The Morgan fingerprint density at radius 2 is 1.95 bits per heavy atom. The molecule has 0 heterocycles. The van der Waals surface area contributed by atoms with Crippen molar-refractivity contribution in [3.8, 4) is 5.75 Å². The Morgan fingerprint density at radius 3 is 2.55 bits per heavy atom. The second-order valence-corrected chi connectivity index (χ2v) is 4.21. The first-order valence-electron chi connectivity index (χ1n) is 6.75. The minimum absolute atomic E-state index is 0.0638. The third-order valence-electron chi connectivity index (χ3n) is 2.65. The summed E-state index contributed by atoms with van der Waals surface area (Å²) in [5.74, 6) is 0.233. The third kappa shape index (κ3) is 4.91. The molecule has 0 radical (unpaired) electrons. The quantitative estimate of drug-likeness (QED) is 0.775. The zero-order valence-electron chi connectivity index (χ0n) is 12.2. The minimum Gasteiger partial charge on any atom is -0.494 e. The van der Waals surface area contributed by atoms with Gasteiger partial charge in [0, 0.05) is 13.5 Å². The predicted octanol–water partition coefficient (Wildman–Crippen LogP) is 1.94. The second-order valence-electron chi connectivity index (χ2n) is 4.21. The Kier molecular flexibility index (Phi) is 6.56. The Balaban J connectivity index is 2.83. The van der Waals surface area contributed by atoms with Crippen LogP contribution in [-0.4, -0.2) is 31.6 Å². The van der Waals surface area contributed by atoms with E-state index in [2.05, 4.69) is 5.32 Å². The van der Waals surface area contributed by atoms with Crippen LogP contribution in [0.15, 0.2) is 18.2 Å². The first kappa shape index (κ1) is 16.0. The van der Waals surface area contributed by atoms with Gasteiger partial charge in [0.15, 0.2) is 0 Å². The molecular formula is C15H21NO4. The largest absolute Gasteiger partial charge is 0.494 e. The van der Waals surface area contributed by atoms with E-state index in [-0.39, 0.29) is 11.9 Å². The van der Waals surface area contributed by atoms with Crippen LogP contribution in [0.1, 0.15) is 36.7 Å². The summed E-state index contributed by atoms with van der Waals surface area (Å²) in [7, 11) is 0. The molecule has 0 fully saturated rings. The highest BCUT2D eigenvalue weighted by Crippen LogP contribution is 2.21. The lowest BCUT2D eigenvalue weighted by atomic mass is 10.1. The van der Waals surface area contributed by atoms with Crippen molar-refractivity contribution in [2.75, 3.05) is 19.8 Å². The monoisotopic (exact) mass is 279 g/mol. The van der Waals surface area contributed by atoms with Crippen LogP contribution in [0.5, 0.6) is 5.75 Å². The number of hydrogen-bond donors (Lipinski definition) is 1. The molecule has 1 aromatic carbocycles. The zero-order chi connectivity index (χ0) is 15.0. The van der Waals surface area contributed by atoms with E-state index in [1.165, 1.54) is 6.92 Å². The highest BCUT2D eigenvalue weighted by atomic mass is 16.5. The van der Waals surface area contributed by atoms with Gasteiger partial charge in [0.05, 0.1) is 18.8 Å². The van der Waals surface area contributed by atoms with Crippen LogP contribution in [0.4, 0.5) is 0 Å². The van der Waals surface area contributed by atoms with Crippen LogP contribution in [0.2, 0.25) is 0 Å². The van der Waals surface area contributed by atoms with E-state index in [1.807, 2.05) is 13.0 Å². The van der Waals surface area contributed by atoms with Crippen molar-refractivity contribution in [1.29, 1.82) is 0 Å². The Morgan fingerprint density at radius 1 is 1.20 bits per heavy atom. The summed E-state index contributed by atoms with van der Waals surface area (Å²) in [5.41, 5.74) is 1.42. The summed E-state index contributed by atoms with van der Waals surface area (Å²) < 4.78 is 10.5. The van der Waals surface area contributed by atoms with E-state index in [0.29, 0.717) is 37.5 Å². The number of hydrogen-bond acceptors (Lipinski definition) is 4. The summed E-state index contributed by atoms with van der Waals surface area (Å²) in [6.45, 7) is 6.52. The van der Waals surface area contributed by atoms with Gasteiger partial charge in [-0.15, -0.1) is 0 Å². The van der Waals surface area contributed by atoms with Gasteiger partial charge in [-0.05, 0) is 38.0 Å². The maximum atomic E-state index is 11.7. The fourth-order valence-electron chi connectivity index (χ4n) is 1.77. The van der Waals surface area contributed by atoms with Crippen molar-refractivity contribution >= 4 is 11.9 Å². The van der Waals surface area contributed by atoms with Crippen molar-refractivity contribution < 1.29 is 19.1 Å². The highest BCUT2D eigenvalue weighted by Gasteiger charge is 2.11. The molecule has 0 aliphatic rings. The lowest BCUT2D eigenvalue weighted by Gasteiger charge is -2.12. The molecule has 1 aromatic rings. The number of carbonyl (C=O) groups excluding carboxylic acids is 2. The van der Waals surface area contributed by atoms with Gasteiger partial charge in [-0.25, -0.2) is 4.79 Å². The maximum Gasteiger partial charge on any atom is 0.338 e. The standard InChI is InChI=1S/C15H21NO4/c1-4-19-14-10-13(15(18)20-5-2)7-6-12(14)8-9-16-11(3)17/h6-7,10H,4-5,8-9H2,1-3H3,(H,16,17). The molecule has 5 nitrogen and oxygen atoms in total. The van der Waals surface area contributed by atoms with Crippen molar-refractivity contribution in [1.82, 2.24) is 5.32 Å². The average Bonchev–Trinajstić information content (AvgIpc) is 2.40. The molecule has 0 spiro atoms. The average molecular weight is 279 g/mol. The number of carbonyl (C=O) groups is 2. The molecule has 110 valence electrons. The van der Waals surface area contributed by atoms with Crippen molar-refractivity contribution in [3.63, 3.8) is 0 Å². The molecule has 1 rings (SSSR count). The van der Waals surface area contributed by atoms with Gasteiger partial charge in [0.25, 0.3) is 0 Å². The molecule has 0 unspecified atom stereocenters. The summed E-state index contributed by atoms with van der Waals surface area (Å²) in [6, 6.07) is 5.23. The van der Waals surface area contributed by atoms with E-state index < -0.39 is 0 Å². The Bertz CT molecular complexity index is 471. The summed E-state index contributed by atoms with van der Waals surface area (Å²) >= 11 is 0. The first-order valence-corrected chi connectivity index (χ1v) is 6.75. The van der Waals surface area contributed by atoms with Crippen LogP contribution >= 0.6 is 0 Å². The SMILES string of the molecule is CCOC(=O)c1ccc(CCNC(C)=O)c(OCC)c1. The smallest absolute Gasteiger partial charge is 0.338 e. The van der Waals surface area contributed by atoms with E-state index in [1.54, 1.807) is 19.1 Å². The van der Waals surface area contributed by atoms with Crippen molar-refractivity contribution in [2.24, 2.45) is 0 Å². The number of nitrogens with one attached hydrogen (secondary N) is 1. The van der Waals surface area contributed by atoms with E-state index in [4.69, 9.17) is 9.47 Å². The van der Waals surface area contributed by atoms with Gasteiger partial charge < -0.3 is 14.8 Å². The van der Waals surface area contributed by atoms with Gasteiger partial charge in [-0.2, -0.15) is 0 Å². The van der Waals surface area contributed by atoms with Gasteiger partial charge in [0.2, 0.25) is 5.91 Å². The number of amides is 1. The maximum absolute atomic E-state index is 11.7. The first-order chi connectivity index (χ1) is 9.58. The number of esters is 1. The van der Waals surface area contributed by atoms with Crippen LogP contribution in [-0.2, 0) is 16.0 Å². The molecular weight excluding hydrogens is 258 g/mol. The third-order valence-corrected chi connectivity index (χ3v) is 2.65. The molecule has 0 saturated heterocycles. The van der Waals surface area contributed by atoms with E-state index >= 15 is 0 Å². The van der Waals surface area contributed by atoms with Gasteiger partial charge in [0.1, 0.15) is 5.75 Å². The number of benzene rings is 1. The minimum atomic E-state index is -0.359. The Hall–Kier alpha value is -2.04. The highest BCUT2D eigenvalue weighted by molar-refractivity contribution is 5.90. The van der Waals surface area contributed by atoms with Crippen molar-refractivity contribution in [3.05, 3.63) is 29.3 Å². The molecule has 0 bridgehead atoms. The summed E-state index contributed by atoms with van der Waals surface area (Å²) in [6.07, 6.45) is 0.651. The van der Waals surface area contributed by atoms with Gasteiger partial charge >= 0.3 is 5.97 Å². The van der Waals surface area contributed by atoms with Crippen LogP contribution in [0, 0.1) is 0 Å². The lowest BCUT2D eigenvalue weighted by Crippen LogP contribution is -2.22. The fraction of sp³-hybridized carbons (Fsp3) is 0.467. The molecule has 1 N–H and O–H groups in total. The van der Waals surface area contributed by atoms with Gasteiger partial charge in [-0.3, -0.25) is 4.79 Å². The molecule has 1 amide bonds. The molecule has 0 saturated carbocycles. The molecule has 0 aliphatic heterocycles. The van der Waals surface area contributed by atoms with Gasteiger partial charge in [-0.1, -0.05) is 6.07 Å². The molecule has 5 heteroatoms. The van der Waals surface area contributed by atoms with Crippen LogP contribution in [0.25, 0.3) is 0 Å². The molecule has 0 atom stereocenters. The normalized spacial score (nSPS) is 9.95. The molecule has 0 aliphatic carbocycles. The summed E-state index contributed by atoms with van der Waals surface area (Å²) in [4.78, 5) is 22.5. The van der Waals surface area contributed by atoms with E-state index in [0.717, 1.165) is 5.56 Å². The lowest BCUT2D eigenvalue weighted by molar-refractivity contribution is -0.118. The summed E-state index contributed by atoms with van der Waals surface area (Å²) in [5, 5.41) is 2.73. The number of rotatable bonds is 7.